The average Bonchev–Trinajstić information content (AvgIpc) is 2.86. The van der Waals surface area contributed by atoms with E-state index >= 15 is 0 Å². The number of carbonyl (C=O) groups is 2. The van der Waals surface area contributed by atoms with Crippen LogP contribution in [0.1, 0.15) is 10.4 Å². The lowest BCUT2D eigenvalue weighted by Gasteiger charge is -2.07. The standard InChI is InChI=1S/C13H10Cl2N2O2S2/c14-8-2-1-3-9(15)11(8)21-6-10(18)17-13-7(12(16)19)4-5-20-13/h1-5H,6H2,(H2,16,19)(H,17,18). The minimum absolute atomic E-state index is 0.125. The van der Waals surface area contributed by atoms with Crippen LogP contribution in [0.4, 0.5) is 5.00 Å². The summed E-state index contributed by atoms with van der Waals surface area (Å²) in [6, 6.07) is 6.72. The van der Waals surface area contributed by atoms with Crippen molar-refractivity contribution < 1.29 is 9.59 Å². The maximum absolute atomic E-state index is 11.9. The zero-order chi connectivity index (χ0) is 15.4. The number of hydrogen-bond acceptors (Lipinski definition) is 4. The number of thiophene rings is 1. The smallest absolute Gasteiger partial charge is 0.251 e. The van der Waals surface area contributed by atoms with Gasteiger partial charge >= 0.3 is 0 Å². The largest absolute Gasteiger partial charge is 0.366 e. The minimum Gasteiger partial charge on any atom is -0.366 e. The number of hydrogen-bond donors (Lipinski definition) is 2. The second kappa shape index (κ2) is 7.17. The van der Waals surface area contributed by atoms with Gasteiger partial charge in [0.2, 0.25) is 5.91 Å². The molecule has 8 heteroatoms. The van der Waals surface area contributed by atoms with Gasteiger partial charge in [0.25, 0.3) is 5.91 Å². The number of nitrogens with one attached hydrogen (secondary N) is 1. The molecule has 2 aromatic rings. The summed E-state index contributed by atoms with van der Waals surface area (Å²) in [5.41, 5.74) is 5.52. The summed E-state index contributed by atoms with van der Waals surface area (Å²) in [5, 5.41) is 5.77. The van der Waals surface area contributed by atoms with E-state index < -0.39 is 5.91 Å². The third-order valence-electron chi connectivity index (χ3n) is 2.45. The molecule has 0 saturated carbocycles. The lowest BCUT2D eigenvalue weighted by atomic mass is 10.3. The summed E-state index contributed by atoms with van der Waals surface area (Å²) >= 11 is 14.5. The first-order valence-corrected chi connectivity index (χ1v) is 8.35. The molecule has 1 heterocycles. The molecule has 110 valence electrons. The molecule has 0 unspecified atom stereocenters. The number of primary amides is 1. The Balaban J connectivity index is 2.00. The normalized spacial score (nSPS) is 10.4. The highest BCUT2D eigenvalue weighted by Gasteiger charge is 2.14. The molecule has 0 aliphatic carbocycles. The SMILES string of the molecule is NC(=O)c1ccsc1NC(=O)CSc1c(Cl)cccc1Cl. The fourth-order valence-corrected chi connectivity index (χ4v) is 3.81. The van der Waals surface area contributed by atoms with E-state index in [-0.39, 0.29) is 11.7 Å². The Labute approximate surface area is 139 Å². The van der Waals surface area contributed by atoms with E-state index in [0.29, 0.717) is 25.5 Å². The number of benzene rings is 1. The van der Waals surface area contributed by atoms with Gasteiger partial charge in [-0.2, -0.15) is 0 Å². The third-order valence-corrected chi connectivity index (χ3v) is 5.27. The highest BCUT2D eigenvalue weighted by molar-refractivity contribution is 8.00. The monoisotopic (exact) mass is 360 g/mol. The van der Waals surface area contributed by atoms with Crippen LogP contribution in [-0.2, 0) is 4.79 Å². The lowest BCUT2D eigenvalue weighted by molar-refractivity contribution is -0.113. The summed E-state index contributed by atoms with van der Waals surface area (Å²) in [4.78, 5) is 23.7. The number of nitrogens with two attached hydrogens (primary N) is 1. The van der Waals surface area contributed by atoms with Crippen LogP contribution in [0.25, 0.3) is 0 Å². The van der Waals surface area contributed by atoms with Crippen molar-refractivity contribution in [2.75, 3.05) is 11.1 Å². The van der Waals surface area contributed by atoms with Gasteiger partial charge in [0.15, 0.2) is 0 Å². The number of rotatable bonds is 5. The Hall–Kier alpha value is -1.21. The van der Waals surface area contributed by atoms with Crippen molar-refractivity contribution in [1.82, 2.24) is 0 Å². The molecule has 0 aliphatic heterocycles. The molecule has 3 N–H and O–H groups in total. The second-order valence-corrected chi connectivity index (χ2v) is 6.63. The Kier molecular flexibility index (Phi) is 5.52. The van der Waals surface area contributed by atoms with Crippen molar-refractivity contribution >= 4 is 63.1 Å². The number of halogens is 2. The maximum atomic E-state index is 11.9. The highest BCUT2D eigenvalue weighted by atomic mass is 35.5. The summed E-state index contributed by atoms with van der Waals surface area (Å²) in [5.74, 6) is -0.714. The fraction of sp³-hybridized carbons (Fsp3) is 0.0769. The fourth-order valence-electron chi connectivity index (χ4n) is 1.52. The van der Waals surface area contributed by atoms with Gasteiger partial charge in [0.1, 0.15) is 5.00 Å². The zero-order valence-corrected chi connectivity index (χ0v) is 13.7. The van der Waals surface area contributed by atoms with Gasteiger partial charge in [-0.15, -0.1) is 23.1 Å². The number of thioether (sulfide) groups is 1. The Morgan fingerprint density at radius 2 is 1.90 bits per heavy atom. The van der Waals surface area contributed by atoms with Crippen molar-refractivity contribution in [2.45, 2.75) is 4.90 Å². The van der Waals surface area contributed by atoms with E-state index in [1.165, 1.54) is 23.1 Å². The average molecular weight is 361 g/mol. The van der Waals surface area contributed by atoms with Gasteiger partial charge in [-0.05, 0) is 23.6 Å². The van der Waals surface area contributed by atoms with Gasteiger partial charge in [0, 0.05) is 4.90 Å². The Morgan fingerprint density at radius 3 is 2.52 bits per heavy atom. The summed E-state index contributed by atoms with van der Waals surface area (Å²) in [6.07, 6.45) is 0. The van der Waals surface area contributed by atoms with Crippen LogP contribution in [0.5, 0.6) is 0 Å². The molecule has 4 nitrogen and oxygen atoms in total. The zero-order valence-electron chi connectivity index (χ0n) is 10.6. The first-order chi connectivity index (χ1) is 9.99. The van der Waals surface area contributed by atoms with Crippen LogP contribution in [0, 0.1) is 0 Å². The van der Waals surface area contributed by atoms with E-state index in [1.54, 1.807) is 29.6 Å². The van der Waals surface area contributed by atoms with Crippen LogP contribution in [0.2, 0.25) is 10.0 Å². The topological polar surface area (TPSA) is 72.2 Å². The molecule has 0 atom stereocenters. The third kappa shape index (κ3) is 4.14. The van der Waals surface area contributed by atoms with Crippen LogP contribution in [0.15, 0.2) is 34.5 Å². The van der Waals surface area contributed by atoms with Crippen molar-refractivity contribution in [3.8, 4) is 0 Å². The molecule has 0 aliphatic rings. The molecule has 0 fully saturated rings. The van der Waals surface area contributed by atoms with Crippen molar-refractivity contribution in [2.24, 2.45) is 5.73 Å². The molecule has 2 amide bonds. The predicted octanol–water partition coefficient (Wildman–Crippen LogP) is 3.88. The number of anilines is 1. The second-order valence-electron chi connectivity index (χ2n) is 3.92. The van der Waals surface area contributed by atoms with E-state index in [1.807, 2.05) is 0 Å². The molecular weight excluding hydrogens is 351 g/mol. The summed E-state index contributed by atoms with van der Waals surface area (Å²) < 4.78 is 0. The van der Waals surface area contributed by atoms with Gasteiger partial charge < -0.3 is 11.1 Å². The van der Waals surface area contributed by atoms with Crippen LogP contribution < -0.4 is 11.1 Å². The minimum atomic E-state index is -0.576. The quantitative estimate of drug-likeness (QED) is 0.794. The van der Waals surface area contributed by atoms with Gasteiger partial charge in [-0.1, -0.05) is 29.3 Å². The van der Waals surface area contributed by atoms with Gasteiger partial charge in [0.05, 0.1) is 21.4 Å². The molecule has 0 saturated heterocycles. The van der Waals surface area contributed by atoms with Crippen molar-refractivity contribution in [1.29, 1.82) is 0 Å². The molecule has 2 rings (SSSR count). The Bertz CT molecular complexity index is 668. The molecular formula is C13H10Cl2N2O2S2. The molecule has 0 bridgehead atoms. The first-order valence-electron chi connectivity index (χ1n) is 5.73. The van der Waals surface area contributed by atoms with Crippen LogP contribution in [0.3, 0.4) is 0 Å². The molecule has 1 aromatic heterocycles. The van der Waals surface area contributed by atoms with Crippen molar-refractivity contribution in [3.63, 3.8) is 0 Å². The maximum Gasteiger partial charge on any atom is 0.251 e. The predicted molar refractivity (Wildman–Crippen MR) is 88.7 cm³/mol. The van der Waals surface area contributed by atoms with E-state index in [2.05, 4.69) is 5.32 Å². The van der Waals surface area contributed by atoms with E-state index in [4.69, 9.17) is 28.9 Å². The number of amides is 2. The van der Waals surface area contributed by atoms with Gasteiger partial charge in [-0.25, -0.2) is 0 Å². The van der Waals surface area contributed by atoms with E-state index in [9.17, 15) is 9.59 Å². The summed E-state index contributed by atoms with van der Waals surface area (Å²) in [6.45, 7) is 0. The van der Waals surface area contributed by atoms with Crippen molar-refractivity contribution in [3.05, 3.63) is 45.3 Å². The van der Waals surface area contributed by atoms with Crippen LogP contribution in [-0.4, -0.2) is 17.6 Å². The lowest BCUT2D eigenvalue weighted by Crippen LogP contribution is -2.17. The van der Waals surface area contributed by atoms with Crippen LogP contribution >= 0.6 is 46.3 Å². The first kappa shape index (κ1) is 16.2. The summed E-state index contributed by atoms with van der Waals surface area (Å²) in [7, 11) is 0. The number of carbonyl (C=O) groups excluding carboxylic acids is 2. The van der Waals surface area contributed by atoms with Gasteiger partial charge in [-0.3, -0.25) is 9.59 Å². The molecule has 0 radical (unpaired) electrons. The Morgan fingerprint density at radius 1 is 1.24 bits per heavy atom. The highest BCUT2D eigenvalue weighted by Crippen LogP contribution is 2.34. The molecule has 1 aromatic carbocycles. The molecule has 0 spiro atoms. The van der Waals surface area contributed by atoms with E-state index in [0.717, 1.165) is 0 Å². The molecule has 21 heavy (non-hydrogen) atoms.